The third-order valence-electron chi connectivity index (χ3n) is 17.1. The third kappa shape index (κ3) is 14.8. The zero-order chi connectivity index (χ0) is 50.4. The number of piperidine rings is 2. The van der Waals surface area contributed by atoms with E-state index in [0.717, 1.165) is 78.1 Å². The average molecular weight is 1110 g/mol. The monoisotopic (exact) mass is 1110 g/mol. The first-order valence-corrected chi connectivity index (χ1v) is 30.0. The van der Waals surface area contributed by atoms with Gasteiger partial charge in [-0.05, 0) is 145 Å². The van der Waals surface area contributed by atoms with Gasteiger partial charge in [0.05, 0.1) is 47.8 Å². The smallest absolute Gasteiger partial charge is 0.0964 e. The van der Waals surface area contributed by atoms with Crippen molar-refractivity contribution in [1.82, 2.24) is 30.0 Å². The highest BCUT2D eigenvalue weighted by Crippen LogP contribution is 2.48. The number of hydrogen-bond acceptors (Lipinski definition) is 10. The van der Waals surface area contributed by atoms with Crippen molar-refractivity contribution in [3.05, 3.63) is 79.4 Å². The number of halogens is 2. The first-order valence-electron chi connectivity index (χ1n) is 27.7. The number of nitrogens with zero attached hydrogens (tertiary/aromatic N) is 5. The summed E-state index contributed by atoms with van der Waals surface area (Å²) >= 11 is 9.44. The predicted molar refractivity (Wildman–Crippen MR) is 313 cm³/mol. The van der Waals surface area contributed by atoms with Crippen molar-refractivity contribution in [3.8, 4) is 22.5 Å². The first kappa shape index (κ1) is 57.9. The van der Waals surface area contributed by atoms with Crippen LogP contribution in [0.4, 0.5) is 0 Å². The third-order valence-corrected chi connectivity index (χ3v) is 19.7. The van der Waals surface area contributed by atoms with Gasteiger partial charge in [0, 0.05) is 85.4 Å². The molecule has 2 atom stereocenters. The Labute approximate surface area is 459 Å². The molecule has 0 radical (unpaired) electrons. The van der Waals surface area contributed by atoms with E-state index in [9.17, 15) is 0 Å². The molecule has 10 rings (SSSR count). The Morgan fingerprint density at radius 1 is 0.556 bits per heavy atom. The van der Waals surface area contributed by atoms with Gasteiger partial charge in [0.15, 0.2) is 0 Å². The molecule has 2 aromatic heterocycles. The van der Waals surface area contributed by atoms with Crippen molar-refractivity contribution in [2.45, 2.75) is 154 Å². The SMILES string of the molecule is Br.CC(CCl)CN1CCOCC1.CC(CN1CCOCC1)CN1CCC(c2nc(-c3ccc4c(c3)C(C)(C)CCC4(C)C)cs2)CC1.CC1(C)CCC(C)(C)c2cc(-c3csc(C4CCNCC4)n3)ccc21. The molecule has 400 valence electrons. The van der Waals surface area contributed by atoms with Crippen LogP contribution in [-0.2, 0) is 31.1 Å². The van der Waals surface area contributed by atoms with E-state index < -0.39 is 0 Å². The number of aromatic nitrogens is 2. The highest BCUT2D eigenvalue weighted by atomic mass is 79.9. The standard InChI is InChI=1S/C30H45N3OS.C22H30N2S.C8H16ClNO.BrH/c1-22(20-33-14-16-34-17-15-33)19-32-12-8-23(9-13-32)28-31-27(21-35-28)24-6-7-25-26(18-24)30(4,5)11-10-29(25,2)3;1-21(2)9-10-22(3,4)18-13-16(5-6-17(18)21)19-14-25-20(24-19)15-7-11-23-12-8-15;1-8(6-9)7-10-2-4-11-5-3-10;/h6-7,18,21-23H,8-17,19-20H2,1-5H3;5-6,13-15,23H,7-12H2,1-4H3;8H,2-7H2,1H3;1H. The summed E-state index contributed by atoms with van der Waals surface area (Å²) in [5, 5.41) is 10.7. The Morgan fingerprint density at radius 2 is 0.931 bits per heavy atom. The molecule has 0 saturated carbocycles. The fraction of sp³-hybridized carbons (Fsp3) is 0.700. The maximum Gasteiger partial charge on any atom is 0.0964 e. The zero-order valence-corrected chi connectivity index (χ0v) is 50.2. The molecular formula is C60H92BrClN6O2S2. The largest absolute Gasteiger partial charge is 0.379 e. The number of nitrogens with one attached hydrogen (secondary N) is 1. The summed E-state index contributed by atoms with van der Waals surface area (Å²) < 4.78 is 10.7. The number of alkyl halides is 1. The van der Waals surface area contributed by atoms with Gasteiger partial charge in [0.2, 0.25) is 0 Å². The highest BCUT2D eigenvalue weighted by Gasteiger charge is 2.39. The molecule has 4 saturated heterocycles. The molecule has 4 aliphatic heterocycles. The van der Waals surface area contributed by atoms with Gasteiger partial charge in [-0.2, -0.15) is 0 Å². The van der Waals surface area contributed by atoms with Gasteiger partial charge in [0.25, 0.3) is 0 Å². The molecule has 0 spiro atoms. The number of morpholine rings is 2. The van der Waals surface area contributed by atoms with Crippen LogP contribution in [0.5, 0.6) is 0 Å². The first-order chi connectivity index (χ1) is 33.9. The highest BCUT2D eigenvalue weighted by molar-refractivity contribution is 8.93. The lowest BCUT2D eigenvalue weighted by atomic mass is 9.63. The van der Waals surface area contributed by atoms with Crippen LogP contribution in [0.15, 0.2) is 47.2 Å². The molecule has 0 amide bonds. The minimum absolute atomic E-state index is 0. The van der Waals surface area contributed by atoms with Crippen LogP contribution in [0.2, 0.25) is 0 Å². The van der Waals surface area contributed by atoms with Gasteiger partial charge in [0.1, 0.15) is 0 Å². The van der Waals surface area contributed by atoms with Gasteiger partial charge in [-0.1, -0.05) is 93.5 Å². The lowest BCUT2D eigenvalue weighted by Gasteiger charge is -2.42. The van der Waals surface area contributed by atoms with Gasteiger partial charge in [-0.15, -0.1) is 51.3 Å². The Morgan fingerprint density at radius 3 is 1.35 bits per heavy atom. The van der Waals surface area contributed by atoms with E-state index in [-0.39, 0.29) is 38.6 Å². The Hall–Kier alpha value is -1.77. The molecule has 6 aliphatic rings. The lowest BCUT2D eigenvalue weighted by Crippen LogP contribution is -2.42. The molecule has 4 aromatic rings. The van der Waals surface area contributed by atoms with Crippen LogP contribution in [0.25, 0.3) is 22.5 Å². The van der Waals surface area contributed by atoms with E-state index in [1.807, 2.05) is 22.7 Å². The number of likely N-dealkylation sites (tertiary alicyclic amines) is 1. The van der Waals surface area contributed by atoms with Crippen LogP contribution in [0.1, 0.15) is 165 Å². The van der Waals surface area contributed by atoms with E-state index in [0.29, 0.717) is 23.7 Å². The van der Waals surface area contributed by atoms with Crippen molar-refractivity contribution >= 4 is 51.3 Å². The van der Waals surface area contributed by atoms with Crippen LogP contribution < -0.4 is 5.32 Å². The summed E-state index contributed by atoms with van der Waals surface area (Å²) in [5.41, 5.74) is 12.1. The quantitative estimate of drug-likeness (QED) is 0.149. The second-order valence-electron chi connectivity index (χ2n) is 25.0. The van der Waals surface area contributed by atoms with E-state index in [1.165, 1.54) is 132 Å². The summed E-state index contributed by atoms with van der Waals surface area (Å²) in [7, 11) is 0. The molecular weight excluding hydrogens is 1020 g/mol. The fourth-order valence-electron chi connectivity index (χ4n) is 12.1. The molecule has 1 N–H and O–H groups in total. The summed E-state index contributed by atoms with van der Waals surface area (Å²) in [5.74, 6) is 3.35. The van der Waals surface area contributed by atoms with Crippen LogP contribution >= 0.6 is 51.3 Å². The zero-order valence-electron chi connectivity index (χ0n) is 46.1. The van der Waals surface area contributed by atoms with Crippen LogP contribution in [-0.4, -0.2) is 129 Å². The van der Waals surface area contributed by atoms with Crippen LogP contribution in [0.3, 0.4) is 0 Å². The number of rotatable bonds is 11. The summed E-state index contributed by atoms with van der Waals surface area (Å²) in [6.07, 6.45) is 9.96. The van der Waals surface area contributed by atoms with E-state index >= 15 is 0 Å². The molecule has 6 heterocycles. The molecule has 4 fully saturated rings. The minimum Gasteiger partial charge on any atom is -0.379 e. The van der Waals surface area contributed by atoms with Gasteiger partial charge < -0.3 is 19.7 Å². The normalized spacial score (nSPS) is 23.2. The molecule has 12 heteroatoms. The molecule has 0 bridgehead atoms. The van der Waals surface area contributed by atoms with E-state index in [2.05, 4.69) is 136 Å². The van der Waals surface area contributed by atoms with Crippen molar-refractivity contribution in [2.24, 2.45) is 11.8 Å². The molecule has 2 aliphatic carbocycles. The van der Waals surface area contributed by atoms with Gasteiger partial charge >= 0.3 is 0 Å². The lowest BCUT2D eigenvalue weighted by molar-refractivity contribution is 0.0283. The maximum atomic E-state index is 5.71. The van der Waals surface area contributed by atoms with Crippen molar-refractivity contribution in [1.29, 1.82) is 0 Å². The maximum absolute atomic E-state index is 5.71. The fourth-order valence-corrected chi connectivity index (χ4v) is 14.2. The molecule has 2 aromatic carbocycles. The summed E-state index contributed by atoms with van der Waals surface area (Å²) in [6, 6.07) is 14.3. The number of thiazole rings is 2. The number of ether oxygens (including phenoxy) is 2. The van der Waals surface area contributed by atoms with Crippen LogP contribution in [0, 0.1) is 11.8 Å². The number of benzene rings is 2. The van der Waals surface area contributed by atoms with Crippen molar-refractivity contribution in [3.63, 3.8) is 0 Å². The van der Waals surface area contributed by atoms with Crippen molar-refractivity contribution in [2.75, 3.05) is 104 Å². The number of fused-ring (bicyclic) bond motifs is 2. The molecule has 72 heavy (non-hydrogen) atoms. The van der Waals surface area contributed by atoms with Gasteiger partial charge in [-0.25, -0.2) is 9.97 Å². The van der Waals surface area contributed by atoms with E-state index in [1.54, 1.807) is 0 Å². The Balaban J connectivity index is 0.000000178. The molecule has 8 nitrogen and oxygen atoms in total. The summed E-state index contributed by atoms with van der Waals surface area (Å²) in [6.45, 7) is 39.9. The predicted octanol–water partition coefficient (Wildman–Crippen LogP) is 13.7. The topological polar surface area (TPSA) is 66.0 Å². The Bertz CT molecular complexity index is 2300. The van der Waals surface area contributed by atoms with Gasteiger partial charge in [-0.3, -0.25) is 9.80 Å². The second kappa shape index (κ2) is 25.6. The second-order valence-corrected chi connectivity index (χ2v) is 27.1. The average Bonchev–Trinajstić information content (AvgIpc) is 4.08. The minimum atomic E-state index is 0. The Kier molecular flexibility index (Phi) is 20.6. The number of hydrogen-bond donors (Lipinski definition) is 1. The van der Waals surface area contributed by atoms with Crippen molar-refractivity contribution < 1.29 is 9.47 Å². The summed E-state index contributed by atoms with van der Waals surface area (Å²) in [4.78, 5) is 17.9. The molecule has 2 unspecified atom stereocenters. The van der Waals surface area contributed by atoms with E-state index in [4.69, 9.17) is 31.0 Å².